The fraction of sp³-hybridized carbons (Fsp3) is 0.615. The molecule has 0 radical (unpaired) electrons. The average Bonchev–Trinajstić information content (AvgIpc) is 2.87. The van der Waals surface area contributed by atoms with Gasteiger partial charge < -0.3 is 15.4 Å². The molecule has 0 aliphatic heterocycles. The minimum absolute atomic E-state index is 0.0161. The van der Waals surface area contributed by atoms with Crippen molar-refractivity contribution in [2.45, 2.75) is 24.9 Å². The number of esters is 1. The topological polar surface area (TPSA) is 99.1 Å². The van der Waals surface area contributed by atoms with Crippen molar-refractivity contribution in [3.05, 3.63) is 35.5 Å². The molecule has 7 heteroatoms. The van der Waals surface area contributed by atoms with Crippen molar-refractivity contribution >= 4 is 5.97 Å². The molecule has 0 saturated heterocycles. The van der Waals surface area contributed by atoms with Crippen LogP contribution in [0.2, 0.25) is 0 Å². The summed E-state index contributed by atoms with van der Waals surface area (Å²) in [6, 6.07) is -0.385. The first kappa shape index (κ1) is 15.9. The van der Waals surface area contributed by atoms with Crippen LogP contribution in [0, 0.1) is 11.8 Å². The van der Waals surface area contributed by atoms with Crippen molar-refractivity contribution in [2.24, 2.45) is 17.0 Å². The molecular formula is C13H21N5O2. The van der Waals surface area contributed by atoms with Gasteiger partial charge in [0.25, 0.3) is 0 Å². The number of nitrogens with one attached hydrogen (secondary N) is 2. The largest absolute Gasteiger partial charge is 0.469 e. The van der Waals surface area contributed by atoms with Gasteiger partial charge >= 0.3 is 5.97 Å². The van der Waals surface area contributed by atoms with Gasteiger partial charge in [0.15, 0.2) is 0 Å². The Kier molecular flexibility index (Phi) is 5.93. The maximum absolute atomic E-state index is 11.7. The maximum Gasteiger partial charge on any atom is 0.308 e. The van der Waals surface area contributed by atoms with Crippen LogP contribution in [-0.2, 0) is 9.53 Å². The standard InChI is InChI=1S/C13H21N5O2/c1-5-11(17-18-14)10-6-9(13(19)20-4)7-12(10)16-8(2)15-3/h5,9-12,15-16H,1-2,6-7H2,3-4H3. The highest BCUT2D eigenvalue weighted by Crippen LogP contribution is 2.36. The van der Waals surface area contributed by atoms with Gasteiger partial charge in [0.05, 0.1) is 24.9 Å². The van der Waals surface area contributed by atoms with Crippen molar-refractivity contribution in [3.63, 3.8) is 0 Å². The van der Waals surface area contributed by atoms with E-state index in [-0.39, 0.29) is 29.9 Å². The first-order valence-electron chi connectivity index (χ1n) is 6.45. The fourth-order valence-electron chi connectivity index (χ4n) is 2.64. The smallest absolute Gasteiger partial charge is 0.308 e. The Hall–Kier alpha value is -2.14. The van der Waals surface area contributed by atoms with Gasteiger partial charge in [0.1, 0.15) is 0 Å². The molecule has 1 aliphatic rings. The lowest BCUT2D eigenvalue weighted by Gasteiger charge is -2.25. The highest BCUT2D eigenvalue weighted by Gasteiger charge is 2.41. The number of azide groups is 1. The zero-order chi connectivity index (χ0) is 15.1. The van der Waals surface area contributed by atoms with Crippen LogP contribution < -0.4 is 10.6 Å². The van der Waals surface area contributed by atoms with Gasteiger partial charge in [-0.3, -0.25) is 4.79 Å². The Morgan fingerprint density at radius 3 is 2.80 bits per heavy atom. The monoisotopic (exact) mass is 279 g/mol. The second-order valence-electron chi connectivity index (χ2n) is 4.77. The van der Waals surface area contributed by atoms with Gasteiger partial charge in [-0.2, -0.15) is 0 Å². The summed E-state index contributed by atoms with van der Waals surface area (Å²) >= 11 is 0. The molecule has 1 aliphatic carbocycles. The van der Waals surface area contributed by atoms with Crippen molar-refractivity contribution in [1.29, 1.82) is 0 Å². The Morgan fingerprint density at radius 1 is 1.60 bits per heavy atom. The van der Waals surface area contributed by atoms with E-state index in [2.05, 4.69) is 33.8 Å². The van der Waals surface area contributed by atoms with Crippen LogP contribution in [-0.4, -0.2) is 32.2 Å². The van der Waals surface area contributed by atoms with E-state index >= 15 is 0 Å². The highest BCUT2D eigenvalue weighted by atomic mass is 16.5. The summed E-state index contributed by atoms with van der Waals surface area (Å²) in [6.07, 6.45) is 2.82. The maximum atomic E-state index is 11.7. The third-order valence-electron chi connectivity index (χ3n) is 3.67. The molecule has 1 saturated carbocycles. The summed E-state index contributed by atoms with van der Waals surface area (Å²) in [7, 11) is 3.14. The first-order chi connectivity index (χ1) is 9.57. The number of hydrogen-bond donors (Lipinski definition) is 2. The van der Waals surface area contributed by atoms with Crippen molar-refractivity contribution < 1.29 is 9.53 Å². The molecule has 0 heterocycles. The predicted octanol–water partition coefficient (Wildman–Crippen LogP) is 1.70. The first-order valence-corrected chi connectivity index (χ1v) is 6.45. The van der Waals surface area contributed by atoms with E-state index in [0.29, 0.717) is 18.7 Å². The van der Waals surface area contributed by atoms with E-state index in [9.17, 15) is 4.79 Å². The highest BCUT2D eigenvalue weighted by molar-refractivity contribution is 5.72. The summed E-state index contributed by atoms with van der Waals surface area (Å²) < 4.78 is 4.80. The number of nitrogens with zero attached hydrogens (tertiary/aromatic N) is 3. The number of methoxy groups -OCH3 is 1. The second-order valence-corrected chi connectivity index (χ2v) is 4.77. The van der Waals surface area contributed by atoms with Crippen LogP contribution in [0.25, 0.3) is 10.4 Å². The number of ether oxygens (including phenoxy) is 1. The number of hydrogen-bond acceptors (Lipinski definition) is 5. The van der Waals surface area contributed by atoms with E-state index in [0.717, 1.165) is 0 Å². The molecule has 0 spiro atoms. The molecule has 2 N–H and O–H groups in total. The van der Waals surface area contributed by atoms with Crippen LogP contribution in [0.15, 0.2) is 30.2 Å². The van der Waals surface area contributed by atoms with E-state index in [4.69, 9.17) is 10.3 Å². The van der Waals surface area contributed by atoms with Crippen LogP contribution in [0.5, 0.6) is 0 Å². The van der Waals surface area contributed by atoms with Gasteiger partial charge in [-0.25, -0.2) is 0 Å². The normalized spacial score (nSPS) is 26.0. The molecule has 0 aromatic heterocycles. The van der Waals surface area contributed by atoms with Crippen molar-refractivity contribution in [1.82, 2.24) is 10.6 Å². The van der Waals surface area contributed by atoms with E-state index in [1.165, 1.54) is 7.11 Å². The number of carbonyl (C=O) groups is 1. The summed E-state index contributed by atoms with van der Waals surface area (Å²) in [5, 5.41) is 9.87. The third kappa shape index (κ3) is 3.68. The minimum Gasteiger partial charge on any atom is -0.469 e. The quantitative estimate of drug-likeness (QED) is 0.243. The lowest BCUT2D eigenvalue weighted by Crippen LogP contribution is -2.39. The van der Waals surface area contributed by atoms with Gasteiger partial charge in [-0.1, -0.05) is 17.8 Å². The van der Waals surface area contributed by atoms with E-state index in [1.54, 1.807) is 13.1 Å². The molecule has 4 unspecified atom stereocenters. The zero-order valence-corrected chi connectivity index (χ0v) is 11.9. The molecule has 0 aromatic carbocycles. The predicted molar refractivity (Wildman–Crippen MR) is 76.5 cm³/mol. The van der Waals surface area contributed by atoms with E-state index < -0.39 is 0 Å². The summed E-state index contributed by atoms with van der Waals surface area (Å²) in [6.45, 7) is 7.53. The molecule has 4 atom stereocenters. The van der Waals surface area contributed by atoms with Crippen LogP contribution in [0.4, 0.5) is 0 Å². The molecule has 20 heavy (non-hydrogen) atoms. The SMILES string of the molecule is C=CC(N=[N+]=[N-])C1CC(C(=O)OC)CC1NC(=C)NC. The number of carbonyl (C=O) groups excluding carboxylic acids is 1. The minimum atomic E-state index is -0.364. The summed E-state index contributed by atoms with van der Waals surface area (Å²) in [5.41, 5.74) is 8.63. The lowest BCUT2D eigenvalue weighted by atomic mass is 9.94. The molecule has 1 rings (SSSR count). The Labute approximate surface area is 118 Å². The van der Waals surface area contributed by atoms with Crippen molar-refractivity contribution in [3.8, 4) is 0 Å². The fourth-order valence-corrected chi connectivity index (χ4v) is 2.64. The van der Waals surface area contributed by atoms with Crippen LogP contribution in [0.3, 0.4) is 0 Å². The summed E-state index contributed by atoms with van der Waals surface area (Å²) in [4.78, 5) is 14.6. The number of rotatable bonds is 7. The molecule has 0 aromatic rings. The molecule has 1 fully saturated rings. The molecule has 110 valence electrons. The van der Waals surface area contributed by atoms with Gasteiger partial charge in [-0.15, -0.1) is 6.58 Å². The lowest BCUT2D eigenvalue weighted by molar-refractivity contribution is -0.145. The molecule has 0 bridgehead atoms. The molecule has 0 amide bonds. The van der Waals surface area contributed by atoms with E-state index in [1.807, 2.05) is 0 Å². The summed E-state index contributed by atoms with van der Waals surface area (Å²) in [5.74, 6) is 0.202. The van der Waals surface area contributed by atoms with Gasteiger partial charge in [0, 0.05) is 18.0 Å². The Balaban J connectivity index is 2.90. The Bertz CT molecular complexity index is 430. The van der Waals surface area contributed by atoms with Gasteiger partial charge in [0.2, 0.25) is 0 Å². The molecular weight excluding hydrogens is 258 g/mol. The second kappa shape index (κ2) is 7.45. The van der Waals surface area contributed by atoms with Gasteiger partial charge in [-0.05, 0) is 24.3 Å². The molecule has 7 nitrogen and oxygen atoms in total. The van der Waals surface area contributed by atoms with Crippen LogP contribution >= 0.6 is 0 Å². The average molecular weight is 279 g/mol. The van der Waals surface area contributed by atoms with Crippen molar-refractivity contribution in [2.75, 3.05) is 14.2 Å². The third-order valence-corrected chi connectivity index (χ3v) is 3.67. The Morgan fingerprint density at radius 2 is 2.30 bits per heavy atom. The van der Waals surface area contributed by atoms with Crippen LogP contribution in [0.1, 0.15) is 12.8 Å². The zero-order valence-electron chi connectivity index (χ0n) is 11.9.